The van der Waals surface area contributed by atoms with Crippen LogP contribution in [0.1, 0.15) is 220 Å². The van der Waals surface area contributed by atoms with Gasteiger partial charge in [0.05, 0.1) is 0 Å². The first-order chi connectivity index (χ1) is 27.5. The molecule has 0 saturated heterocycles. The summed E-state index contributed by atoms with van der Waals surface area (Å²) < 4.78 is 16.6. The Kier molecular flexibility index (Phi) is 42.5. The van der Waals surface area contributed by atoms with Crippen LogP contribution in [0.4, 0.5) is 0 Å². The van der Waals surface area contributed by atoms with E-state index in [1.54, 1.807) is 0 Å². The zero-order chi connectivity index (χ0) is 40.8. The number of rotatable bonds is 41. The van der Waals surface area contributed by atoms with Gasteiger partial charge in [0.2, 0.25) is 0 Å². The minimum absolute atomic E-state index is 0.0864. The van der Waals surface area contributed by atoms with Crippen molar-refractivity contribution in [2.45, 2.75) is 226 Å². The van der Waals surface area contributed by atoms with E-state index in [0.717, 1.165) is 89.9 Å². The molecule has 0 aromatic carbocycles. The lowest BCUT2D eigenvalue weighted by atomic mass is 10.1. The van der Waals surface area contributed by atoms with Crippen molar-refractivity contribution in [3.8, 4) is 0 Å². The third-order valence-electron chi connectivity index (χ3n) is 9.77. The van der Waals surface area contributed by atoms with Crippen LogP contribution in [0.25, 0.3) is 0 Å². The van der Waals surface area contributed by atoms with E-state index in [9.17, 15) is 14.4 Å². The molecule has 0 aliphatic carbocycles. The van der Waals surface area contributed by atoms with Gasteiger partial charge in [-0.05, 0) is 77.0 Å². The van der Waals surface area contributed by atoms with Gasteiger partial charge in [-0.25, -0.2) is 0 Å². The quantitative estimate of drug-likeness (QED) is 0.0266. The molecule has 0 aliphatic rings. The largest absolute Gasteiger partial charge is 0.462 e. The summed E-state index contributed by atoms with van der Waals surface area (Å²) in [4.78, 5) is 37.7. The Morgan fingerprint density at radius 2 is 0.696 bits per heavy atom. The van der Waals surface area contributed by atoms with Crippen molar-refractivity contribution in [1.29, 1.82) is 0 Å². The van der Waals surface area contributed by atoms with Crippen LogP contribution < -0.4 is 0 Å². The third kappa shape index (κ3) is 42.3. The molecular formula is C50H86O6. The van der Waals surface area contributed by atoms with Crippen molar-refractivity contribution >= 4 is 17.9 Å². The second-order valence-electron chi connectivity index (χ2n) is 15.3. The molecule has 322 valence electrons. The van der Waals surface area contributed by atoms with Crippen molar-refractivity contribution in [3.63, 3.8) is 0 Å². The first kappa shape index (κ1) is 53.1. The lowest BCUT2D eigenvalue weighted by Gasteiger charge is -2.18. The van der Waals surface area contributed by atoms with Gasteiger partial charge in [-0.3, -0.25) is 14.4 Å². The van der Waals surface area contributed by atoms with E-state index in [1.807, 2.05) is 0 Å². The Morgan fingerprint density at radius 1 is 0.375 bits per heavy atom. The maximum absolute atomic E-state index is 12.7. The van der Waals surface area contributed by atoms with Gasteiger partial charge in [-0.1, -0.05) is 184 Å². The molecule has 0 aliphatic heterocycles. The van der Waals surface area contributed by atoms with Crippen molar-refractivity contribution < 1.29 is 28.6 Å². The molecule has 56 heavy (non-hydrogen) atoms. The molecule has 1 unspecified atom stereocenters. The Bertz CT molecular complexity index is 1040. The molecule has 0 aromatic heterocycles. The minimum atomic E-state index is -0.784. The Hall–Kier alpha value is -2.89. The predicted octanol–water partition coefficient (Wildman–Crippen LogP) is 14.9. The van der Waals surface area contributed by atoms with Crippen molar-refractivity contribution in [2.75, 3.05) is 13.2 Å². The molecule has 0 aromatic rings. The molecule has 0 saturated carbocycles. The molecule has 0 spiro atoms. The van der Waals surface area contributed by atoms with Crippen molar-refractivity contribution in [1.82, 2.24) is 0 Å². The highest BCUT2D eigenvalue weighted by Gasteiger charge is 2.19. The SMILES string of the molecule is CC/C=C\C/C=C\C/C=C\CCCCCCCCCCCC(=O)OCC(COC(=O)CCCC/C=C\C/C=C\CC)OC(=O)CCCCCCCCCCCC. The third-order valence-corrected chi connectivity index (χ3v) is 9.77. The molecule has 1 atom stereocenters. The van der Waals surface area contributed by atoms with Crippen LogP contribution in [0.15, 0.2) is 60.8 Å². The van der Waals surface area contributed by atoms with Crippen LogP contribution in [0.5, 0.6) is 0 Å². The molecule has 0 bridgehead atoms. The molecule has 0 heterocycles. The standard InChI is InChI=1S/C50H86O6/c1-4-7-10-13-16-19-21-22-23-24-25-26-27-28-29-32-34-37-40-43-49(52)55-46-47(45-54-48(51)42-39-36-33-30-18-15-12-9-6-3)56-50(53)44-41-38-35-31-20-17-14-11-8-5-2/h7,9-10,12,16,18-19,22-23,30,47H,4-6,8,11,13-15,17,20-21,24-29,31-46H2,1-3H3/b10-7-,12-9-,19-16-,23-22-,30-18-. The van der Waals surface area contributed by atoms with Gasteiger partial charge in [0.1, 0.15) is 13.2 Å². The van der Waals surface area contributed by atoms with E-state index in [2.05, 4.69) is 81.5 Å². The first-order valence-corrected chi connectivity index (χ1v) is 23.3. The normalized spacial score (nSPS) is 12.6. The highest BCUT2D eigenvalue weighted by atomic mass is 16.6. The fourth-order valence-corrected chi connectivity index (χ4v) is 6.32. The molecular weight excluding hydrogens is 697 g/mol. The highest BCUT2D eigenvalue weighted by molar-refractivity contribution is 5.71. The zero-order valence-corrected chi connectivity index (χ0v) is 36.6. The number of esters is 3. The van der Waals surface area contributed by atoms with Crippen LogP contribution in [0, 0.1) is 0 Å². The topological polar surface area (TPSA) is 78.9 Å². The summed E-state index contributed by atoms with van der Waals surface area (Å²) in [5.74, 6) is -0.933. The molecule has 0 radical (unpaired) electrons. The molecule has 0 fully saturated rings. The number of carbonyl (C=O) groups excluding carboxylic acids is 3. The van der Waals surface area contributed by atoms with Gasteiger partial charge in [0.25, 0.3) is 0 Å². The lowest BCUT2D eigenvalue weighted by Crippen LogP contribution is -2.30. The maximum Gasteiger partial charge on any atom is 0.306 e. The molecule has 6 heteroatoms. The van der Waals surface area contributed by atoms with Crippen LogP contribution in [0.3, 0.4) is 0 Å². The van der Waals surface area contributed by atoms with E-state index in [1.165, 1.54) is 89.9 Å². The second-order valence-corrected chi connectivity index (χ2v) is 15.3. The number of ether oxygens (including phenoxy) is 3. The van der Waals surface area contributed by atoms with Gasteiger partial charge in [-0.2, -0.15) is 0 Å². The Balaban J connectivity index is 4.29. The summed E-state index contributed by atoms with van der Waals surface area (Å²) in [6, 6.07) is 0. The monoisotopic (exact) mass is 783 g/mol. The van der Waals surface area contributed by atoms with E-state index >= 15 is 0 Å². The highest BCUT2D eigenvalue weighted by Crippen LogP contribution is 2.14. The summed E-state index contributed by atoms with van der Waals surface area (Å²) >= 11 is 0. The van der Waals surface area contributed by atoms with Crippen molar-refractivity contribution in [2.24, 2.45) is 0 Å². The van der Waals surface area contributed by atoms with Crippen LogP contribution >= 0.6 is 0 Å². The fraction of sp³-hybridized carbons (Fsp3) is 0.740. The average molecular weight is 783 g/mol. The van der Waals surface area contributed by atoms with E-state index in [4.69, 9.17) is 14.2 Å². The van der Waals surface area contributed by atoms with Crippen molar-refractivity contribution in [3.05, 3.63) is 60.8 Å². The van der Waals surface area contributed by atoms with Gasteiger partial charge in [0.15, 0.2) is 6.10 Å². The average Bonchev–Trinajstić information content (AvgIpc) is 3.19. The summed E-state index contributed by atoms with van der Waals surface area (Å²) in [5.41, 5.74) is 0. The Morgan fingerprint density at radius 3 is 1.12 bits per heavy atom. The van der Waals surface area contributed by atoms with Gasteiger partial charge in [-0.15, -0.1) is 0 Å². The lowest BCUT2D eigenvalue weighted by molar-refractivity contribution is -0.167. The Labute approximate surface area is 345 Å². The molecule has 0 N–H and O–H groups in total. The van der Waals surface area contributed by atoms with Gasteiger partial charge >= 0.3 is 17.9 Å². The number of hydrogen-bond donors (Lipinski definition) is 0. The summed E-state index contributed by atoms with van der Waals surface area (Å²) in [6.45, 7) is 6.35. The van der Waals surface area contributed by atoms with Gasteiger partial charge < -0.3 is 14.2 Å². The number of unbranched alkanes of at least 4 members (excludes halogenated alkanes) is 20. The van der Waals surface area contributed by atoms with E-state index in [-0.39, 0.29) is 31.1 Å². The number of carbonyl (C=O) groups is 3. The fourth-order valence-electron chi connectivity index (χ4n) is 6.32. The minimum Gasteiger partial charge on any atom is -0.462 e. The molecule has 0 rings (SSSR count). The first-order valence-electron chi connectivity index (χ1n) is 23.3. The van der Waals surface area contributed by atoms with Crippen LogP contribution in [-0.4, -0.2) is 37.2 Å². The van der Waals surface area contributed by atoms with Gasteiger partial charge in [0, 0.05) is 19.3 Å². The van der Waals surface area contributed by atoms with Crippen LogP contribution in [-0.2, 0) is 28.6 Å². The molecule has 0 amide bonds. The zero-order valence-electron chi connectivity index (χ0n) is 36.6. The number of allylic oxidation sites excluding steroid dienone is 10. The smallest absolute Gasteiger partial charge is 0.306 e. The second kappa shape index (κ2) is 44.8. The summed E-state index contributed by atoms with van der Waals surface area (Å²) in [5, 5.41) is 0. The van der Waals surface area contributed by atoms with Crippen LogP contribution in [0.2, 0.25) is 0 Å². The molecule has 6 nitrogen and oxygen atoms in total. The maximum atomic E-state index is 12.7. The summed E-state index contributed by atoms with van der Waals surface area (Å²) in [6.07, 6.45) is 53.6. The van der Waals surface area contributed by atoms with E-state index in [0.29, 0.717) is 19.3 Å². The van der Waals surface area contributed by atoms with E-state index < -0.39 is 6.10 Å². The number of hydrogen-bond acceptors (Lipinski definition) is 6. The predicted molar refractivity (Wildman–Crippen MR) is 238 cm³/mol. The summed E-state index contributed by atoms with van der Waals surface area (Å²) in [7, 11) is 0.